The van der Waals surface area contributed by atoms with Crippen LogP contribution in [0.2, 0.25) is 0 Å². The lowest BCUT2D eigenvalue weighted by molar-refractivity contribution is 0.362. The first kappa shape index (κ1) is 38.3. The van der Waals surface area contributed by atoms with Gasteiger partial charge in [0.05, 0.1) is 7.11 Å². The van der Waals surface area contributed by atoms with Crippen molar-refractivity contribution in [2.24, 2.45) is 0 Å². The Kier molecular flexibility index (Phi) is 18.8. The van der Waals surface area contributed by atoms with Crippen LogP contribution < -0.4 is 14.2 Å². The first-order valence-corrected chi connectivity index (χ1v) is 17.7. The van der Waals surface area contributed by atoms with Crippen LogP contribution in [-0.4, -0.2) is 20.3 Å². The highest BCUT2D eigenvalue weighted by Crippen LogP contribution is 2.14. The summed E-state index contributed by atoms with van der Waals surface area (Å²) in [5, 5.41) is 0. The third-order valence-corrected chi connectivity index (χ3v) is 7.59. The van der Waals surface area contributed by atoms with Crippen molar-refractivity contribution in [2.75, 3.05) is 20.3 Å². The van der Waals surface area contributed by atoms with E-state index >= 15 is 0 Å². The van der Waals surface area contributed by atoms with Gasteiger partial charge in [-0.15, -0.1) is 0 Å². The maximum absolute atomic E-state index is 5.72. The van der Waals surface area contributed by atoms with Crippen LogP contribution in [0.1, 0.15) is 93.5 Å². The predicted molar refractivity (Wildman–Crippen MR) is 207 cm³/mol. The molecule has 254 valence electrons. The summed E-state index contributed by atoms with van der Waals surface area (Å²) < 4.78 is 16.5. The number of hydrogen-bond acceptors (Lipinski definition) is 3. The van der Waals surface area contributed by atoms with Gasteiger partial charge in [-0.25, -0.2) is 0 Å². The van der Waals surface area contributed by atoms with E-state index in [4.69, 9.17) is 14.2 Å². The van der Waals surface area contributed by atoms with Crippen LogP contribution in [0, 0.1) is 23.7 Å². The zero-order chi connectivity index (χ0) is 34.8. The molecule has 0 aliphatic heterocycles. The Labute approximate surface area is 296 Å². The summed E-state index contributed by atoms with van der Waals surface area (Å²) in [6, 6.07) is 32.0. The summed E-state index contributed by atoms with van der Waals surface area (Å²) in [5.41, 5.74) is 5.32. The van der Waals surface area contributed by atoms with E-state index in [1.807, 2.05) is 72.8 Å². The lowest BCUT2D eigenvalue weighted by Crippen LogP contribution is -1.93. The van der Waals surface area contributed by atoms with E-state index in [0.29, 0.717) is 13.2 Å². The number of benzene rings is 4. The molecular weight excluding hydrogens is 601 g/mol. The highest BCUT2D eigenvalue weighted by Gasteiger charge is 1.95. The Morgan fingerprint density at radius 1 is 0.449 bits per heavy atom. The fourth-order valence-electron chi connectivity index (χ4n) is 4.55. The molecule has 3 heteroatoms. The zero-order valence-electron chi connectivity index (χ0n) is 29.8. The molecule has 0 aliphatic carbocycles. The second-order valence-corrected chi connectivity index (χ2v) is 11.5. The summed E-state index contributed by atoms with van der Waals surface area (Å²) in [7, 11) is 1.66. The molecule has 0 radical (unpaired) electrons. The van der Waals surface area contributed by atoms with Crippen molar-refractivity contribution in [3.8, 4) is 40.9 Å². The fourth-order valence-corrected chi connectivity index (χ4v) is 4.55. The largest absolute Gasteiger partial charge is 0.497 e. The molecule has 49 heavy (non-hydrogen) atoms. The minimum absolute atomic E-state index is 0.612. The Balaban J connectivity index is 0.000000266. The molecule has 0 aromatic heterocycles. The Bertz CT molecular complexity index is 1640. The van der Waals surface area contributed by atoms with Crippen LogP contribution in [-0.2, 0) is 6.42 Å². The van der Waals surface area contributed by atoms with Crippen molar-refractivity contribution in [3.05, 3.63) is 149 Å². The summed E-state index contributed by atoms with van der Waals surface area (Å²) in [6.07, 6.45) is 18.2. The topological polar surface area (TPSA) is 27.7 Å². The molecule has 0 spiro atoms. The summed E-state index contributed by atoms with van der Waals surface area (Å²) in [6.45, 7) is 7.82. The predicted octanol–water partition coefficient (Wildman–Crippen LogP) is 11.4. The fraction of sp³-hybridized carbons (Fsp3) is 0.304. The molecule has 0 N–H and O–H groups in total. The number of methoxy groups -OCH3 is 1. The molecule has 0 fully saturated rings. The van der Waals surface area contributed by atoms with E-state index < -0.39 is 0 Å². The van der Waals surface area contributed by atoms with E-state index in [-0.39, 0.29) is 0 Å². The highest BCUT2D eigenvalue weighted by atomic mass is 16.5. The van der Waals surface area contributed by atoms with Gasteiger partial charge in [-0.1, -0.05) is 107 Å². The smallest absolute Gasteiger partial charge is 0.119 e. The van der Waals surface area contributed by atoms with Gasteiger partial charge in [0, 0.05) is 22.3 Å². The first-order valence-electron chi connectivity index (χ1n) is 17.7. The first-order chi connectivity index (χ1) is 24.1. The van der Waals surface area contributed by atoms with Gasteiger partial charge in [0.15, 0.2) is 0 Å². The molecule has 0 amide bonds. The highest BCUT2D eigenvalue weighted by molar-refractivity contribution is 5.46. The van der Waals surface area contributed by atoms with Gasteiger partial charge in [0.1, 0.15) is 30.5 Å². The molecule has 4 aromatic carbocycles. The van der Waals surface area contributed by atoms with E-state index in [0.717, 1.165) is 58.8 Å². The maximum Gasteiger partial charge on any atom is 0.119 e. The van der Waals surface area contributed by atoms with Crippen molar-refractivity contribution in [3.63, 3.8) is 0 Å². The van der Waals surface area contributed by atoms with E-state index in [1.54, 1.807) is 7.11 Å². The quantitative estimate of drug-likeness (QED) is 0.0727. The summed E-state index contributed by atoms with van der Waals surface area (Å²) in [4.78, 5) is 0. The normalized spacial score (nSPS) is 10.4. The molecule has 0 saturated carbocycles. The number of allylic oxidation sites excluding steroid dienone is 2. The second-order valence-electron chi connectivity index (χ2n) is 11.5. The molecule has 4 aromatic rings. The number of unbranched alkanes of at least 4 members (excludes halogenated alkanes) is 5. The van der Waals surface area contributed by atoms with Crippen LogP contribution in [0.15, 0.2) is 121 Å². The molecule has 0 saturated heterocycles. The molecule has 0 atom stereocenters. The molecular formula is C46H52O3. The number of rotatable bonds is 15. The van der Waals surface area contributed by atoms with E-state index in [1.165, 1.54) is 37.7 Å². The number of aryl methyl sites for hydroxylation is 1. The van der Waals surface area contributed by atoms with E-state index in [2.05, 4.69) is 93.0 Å². The lowest BCUT2D eigenvalue weighted by atomic mass is 10.1. The Morgan fingerprint density at radius 2 is 0.837 bits per heavy atom. The van der Waals surface area contributed by atoms with Crippen LogP contribution in [0.5, 0.6) is 17.2 Å². The SMILES string of the molecule is CCCCC=CCOc1ccc(C#Cc2ccc(OC)cc2)cc1.CCCCCC=CCOc1ccc(C#Cc2ccc(CC)cc2)cc1. The van der Waals surface area contributed by atoms with Crippen molar-refractivity contribution in [1.29, 1.82) is 0 Å². The molecule has 0 unspecified atom stereocenters. The Hall–Kier alpha value is -5.12. The monoisotopic (exact) mass is 652 g/mol. The molecule has 0 heterocycles. The van der Waals surface area contributed by atoms with Gasteiger partial charge in [0.2, 0.25) is 0 Å². The maximum atomic E-state index is 5.72. The minimum Gasteiger partial charge on any atom is -0.497 e. The van der Waals surface area contributed by atoms with Crippen molar-refractivity contribution >= 4 is 0 Å². The van der Waals surface area contributed by atoms with Gasteiger partial charge in [-0.3, -0.25) is 0 Å². The lowest BCUT2D eigenvalue weighted by Gasteiger charge is -2.02. The average molecular weight is 653 g/mol. The van der Waals surface area contributed by atoms with E-state index in [9.17, 15) is 0 Å². The van der Waals surface area contributed by atoms with Gasteiger partial charge in [-0.05, 0) is 116 Å². The van der Waals surface area contributed by atoms with Crippen LogP contribution in [0.25, 0.3) is 0 Å². The standard InChI is InChI=1S/C24H28O.C22H24O2/c1-3-5-6-7-8-9-20-25-24-18-16-23(17-19-24)15-14-22-12-10-21(4-2)11-13-22;1-3-4-5-6-7-18-24-22-16-12-20(13-17-22)9-8-19-10-14-21(23-2)15-11-19/h8-13,16-19H,3-7,20H2,1-2H3;6-7,10-17H,3-5,18H2,1-2H3. The minimum atomic E-state index is 0.612. The van der Waals surface area contributed by atoms with Crippen LogP contribution in [0.4, 0.5) is 0 Å². The van der Waals surface area contributed by atoms with Crippen molar-refractivity contribution < 1.29 is 14.2 Å². The number of ether oxygens (including phenoxy) is 3. The second kappa shape index (κ2) is 24.1. The molecule has 3 nitrogen and oxygen atoms in total. The zero-order valence-corrected chi connectivity index (χ0v) is 29.8. The van der Waals surface area contributed by atoms with Crippen LogP contribution in [0.3, 0.4) is 0 Å². The third-order valence-electron chi connectivity index (χ3n) is 7.59. The Morgan fingerprint density at radius 3 is 1.22 bits per heavy atom. The van der Waals surface area contributed by atoms with Crippen LogP contribution >= 0.6 is 0 Å². The molecule has 0 aliphatic rings. The van der Waals surface area contributed by atoms with Crippen molar-refractivity contribution in [2.45, 2.75) is 72.1 Å². The van der Waals surface area contributed by atoms with Crippen molar-refractivity contribution in [1.82, 2.24) is 0 Å². The average Bonchev–Trinajstić information content (AvgIpc) is 3.16. The summed E-state index contributed by atoms with van der Waals surface area (Å²) in [5.74, 6) is 15.3. The van der Waals surface area contributed by atoms with Gasteiger partial charge in [0.25, 0.3) is 0 Å². The summed E-state index contributed by atoms with van der Waals surface area (Å²) >= 11 is 0. The molecule has 4 rings (SSSR count). The van der Waals surface area contributed by atoms with Gasteiger partial charge < -0.3 is 14.2 Å². The third kappa shape index (κ3) is 16.5. The number of hydrogen-bond donors (Lipinski definition) is 0. The van der Waals surface area contributed by atoms with Gasteiger partial charge in [-0.2, -0.15) is 0 Å². The van der Waals surface area contributed by atoms with Gasteiger partial charge >= 0.3 is 0 Å². The molecule has 0 bridgehead atoms.